The molecule has 19 heavy (non-hydrogen) atoms. The summed E-state index contributed by atoms with van der Waals surface area (Å²) in [6, 6.07) is 7.25. The summed E-state index contributed by atoms with van der Waals surface area (Å²) >= 11 is 1.16. The van der Waals surface area contributed by atoms with Crippen molar-refractivity contribution in [2.75, 3.05) is 10.5 Å². The molecule has 0 atom stereocenters. The summed E-state index contributed by atoms with van der Waals surface area (Å²) in [6.45, 7) is 1.94. The Morgan fingerprint density at radius 2 is 2.05 bits per heavy atom. The van der Waals surface area contributed by atoms with E-state index in [4.69, 9.17) is 5.73 Å². The number of benzene rings is 1. The van der Waals surface area contributed by atoms with Gasteiger partial charge in [-0.3, -0.25) is 4.72 Å². The first-order valence-corrected chi connectivity index (χ1v) is 7.89. The van der Waals surface area contributed by atoms with Gasteiger partial charge in [-0.05, 0) is 30.7 Å². The quantitative estimate of drug-likeness (QED) is 0.853. The van der Waals surface area contributed by atoms with Gasteiger partial charge in [-0.15, -0.1) is 11.3 Å². The fourth-order valence-electron chi connectivity index (χ4n) is 1.53. The SMILES string of the molecule is CCc1ccc(S(=O)(=O)Nc2c(N)cccc2F)s1. The third-order valence-corrected chi connectivity index (χ3v) is 5.60. The molecule has 2 rings (SSSR count). The highest BCUT2D eigenvalue weighted by Crippen LogP contribution is 2.28. The van der Waals surface area contributed by atoms with Gasteiger partial charge in [-0.25, -0.2) is 12.8 Å². The number of aryl methyl sites for hydroxylation is 1. The van der Waals surface area contributed by atoms with Crippen LogP contribution in [-0.2, 0) is 16.4 Å². The molecule has 0 unspecified atom stereocenters. The Bertz CT molecular complexity index is 675. The highest BCUT2D eigenvalue weighted by Gasteiger charge is 2.19. The maximum Gasteiger partial charge on any atom is 0.271 e. The van der Waals surface area contributed by atoms with Crippen molar-refractivity contribution in [3.8, 4) is 0 Å². The largest absolute Gasteiger partial charge is 0.397 e. The van der Waals surface area contributed by atoms with E-state index in [1.165, 1.54) is 18.2 Å². The molecule has 0 amide bonds. The summed E-state index contributed by atoms with van der Waals surface area (Å²) in [5, 5.41) is 0. The third-order valence-electron chi connectivity index (χ3n) is 2.53. The van der Waals surface area contributed by atoms with E-state index in [-0.39, 0.29) is 15.6 Å². The molecule has 2 aromatic rings. The molecule has 0 aliphatic rings. The first-order valence-electron chi connectivity index (χ1n) is 5.59. The monoisotopic (exact) mass is 300 g/mol. The normalized spacial score (nSPS) is 11.5. The molecule has 0 aliphatic carbocycles. The molecule has 0 fully saturated rings. The van der Waals surface area contributed by atoms with E-state index in [2.05, 4.69) is 4.72 Å². The minimum atomic E-state index is -3.80. The second-order valence-electron chi connectivity index (χ2n) is 3.88. The van der Waals surface area contributed by atoms with Crippen LogP contribution < -0.4 is 10.5 Å². The molecule has 0 spiro atoms. The van der Waals surface area contributed by atoms with E-state index < -0.39 is 15.8 Å². The van der Waals surface area contributed by atoms with Crippen LogP contribution in [0.15, 0.2) is 34.5 Å². The highest BCUT2D eigenvalue weighted by atomic mass is 32.2. The molecule has 0 aliphatic heterocycles. The number of nitrogen functional groups attached to an aromatic ring is 1. The van der Waals surface area contributed by atoms with E-state index in [1.54, 1.807) is 6.07 Å². The Kier molecular flexibility index (Phi) is 3.77. The standard InChI is InChI=1S/C12H13FN2O2S2/c1-2-8-6-7-11(18-8)19(16,17)15-12-9(13)4-3-5-10(12)14/h3-7,15H,2,14H2,1H3. The molecule has 3 N–H and O–H groups in total. The van der Waals surface area contributed by atoms with Crippen LogP contribution in [0.25, 0.3) is 0 Å². The van der Waals surface area contributed by atoms with E-state index >= 15 is 0 Å². The van der Waals surface area contributed by atoms with Gasteiger partial charge in [0.05, 0.1) is 5.69 Å². The zero-order chi connectivity index (χ0) is 14.0. The van der Waals surface area contributed by atoms with Crippen LogP contribution in [0.2, 0.25) is 0 Å². The van der Waals surface area contributed by atoms with Crippen LogP contribution in [0.5, 0.6) is 0 Å². The molecular formula is C12H13FN2O2S2. The lowest BCUT2D eigenvalue weighted by Gasteiger charge is -2.09. The van der Waals surface area contributed by atoms with Gasteiger partial charge in [-0.1, -0.05) is 13.0 Å². The molecule has 1 aromatic heterocycles. The van der Waals surface area contributed by atoms with E-state index in [1.807, 2.05) is 6.92 Å². The van der Waals surface area contributed by atoms with Gasteiger partial charge in [0.2, 0.25) is 0 Å². The van der Waals surface area contributed by atoms with Crippen LogP contribution >= 0.6 is 11.3 Å². The molecule has 1 heterocycles. The first kappa shape index (κ1) is 13.8. The van der Waals surface area contributed by atoms with Crippen molar-refractivity contribution in [3.05, 3.63) is 41.0 Å². The van der Waals surface area contributed by atoms with Crippen molar-refractivity contribution in [1.82, 2.24) is 0 Å². The van der Waals surface area contributed by atoms with E-state index in [0.29, 0.717) is 0 Å². The maximum atomic E-state index is 13.6. The van der Waals surface area contributed by atoms with Crippen molar-refractivity contribution in [2.45, 2.75) is 17.6 Å². The van der Waals surface area contributed by atoms with Crippen molar-refractivity contribution < 1.29 is 12.8 Å². The van der Waals surface area contributed by atoms with Gasteiger partial charge in [0.1, 0.15) is 15.7 Å². The van der Waals surface area contributed by atoms with Crippen molar-refractivity contribution in [3.63, 3.8) is 0 Å². The lowest BCUT2D eigenvalue weighted by molar-refractivity contribution is 0.600. The van der Waals surface area contributed by atoms with Gasteiger partial charge in [-0.2, -0.15) is 0 Å². The molecule has 0 saturated heterocycles. The summed E-state index contributed by atoms with van der Waals surface area (Å²) in [4.78, 5) is 0.946. The summed E-state index contributed by atoms with van der Waals surface area (Å²) in [7, 11) is -3.80. The van der Waals surface area contributed by atoms with Crippen LogP contribution in [0, 0.1) is 5.82 Å². The molecule has 102 valence electrons. The molecule has 4 nitrogen and oxygen atoms in total. The molecule has 7 heteroatoms. The van der Waals surface area contributed by atoms with Crippen LogP contribution in [0.1, 0.15) is 11.8 Å². The second-order valence-corrected chi connectivity index (χ2v) is 6.96. The fraction of sp³-hybridized carbons (Fsp3) is 0.167. The minimum absolute atomic E-state index is 0.0517. The maximum absolute atomic E-state index is 13.6. The number of anilines is 2. The number of halogens is 1. The van der Waals surface area contributed by atoms with Crippen molar-refractivity contribution in [1.29, 1.82) is 0 Å². The fourth-order valence-corrected chi connectivity index (χ4v) is 3.92. The predicted molar refractivity (Wildman–Crippen MR) is 75.3 cm³/mol. The predicted octanol–water partition coefficient (Wildman–Crippen LogP) is 2.83. The second kappa shape index (κ2) is 5.18. The number of rotatable bonds is 4. The molecular weight excluding hydrogens is 287 g/mol. The van der Waals surface area contributed by atoms with Gasteiger partial charge in [0.15, 0.2) is 0 Å². The Hall–Kier alpha value is -1.60. The average molecular weight is 300 g/mol. The Balaban J connectivity index is 2.36. The number of nitrogens with one attached hydrogen (secondary N) is 1. The topological polar surface area (TPSA) is 72.2 Å². The highest BCUT2D eigenvalue weighted by molar-refractivity contribution is 7.94. The van der Waals surface area contributed by atoms with Crippen molar-refractivity contribution >= 4 is 32.7 Å². The third kappa shape index (κ3) is 2.87. The smallest absolute Gasteiger partial charge is 0.271 e. The Labute approximate surface area is 115 Å². The van der Waals surface area contributed by atoms with Gasteiger partial charge < -0.3 is 5.73 Å². The van der Waals surface area contributed by atoms with E-state index in [0.717, 1.165) is 28.7 Å². The Morgan fingerprint density at radius 1 is 1.32 bits per heavy atom. The number of thiophene rings is 1. The summed E-state index contributed by atoms with van der Waals surface area (Å²) in [5.41, 5.74) is 5.41. The molecule has 1 aromatic carbocycles. The van der Waals surface area contributed by atoms with Crippen LogP contribution in [-0.4, -0.2) is 8.42 Å². The number of sulfonamides is 1. The summed E-state index contributed by atoms with van der Waals surface area (Å²) in [6.07, 6.45) is 0.752. The summed E-state index contributed by atoms with van der Waals surface area (Å²) < 4.78 is 40.1. The lowest BCUT2D eigenvalue weighted by atomic mass is 10.3. The number of hydrogen-bond acceptors (Lipinski definition) is 4. The van der Waals surface area contributed by atoms with Gasteiger partial charge in [0, 0.05) is 4.88 Å². The van der Waals surface area contributed by atoms with E-state index in [9.17, 15) is 12.8 Å². The minimum Gasteiger partial charge on any atom is -0.397 e. The average Bonchev–Trinajstić information content (AvgIpc) is 2.83. The van der Waals surface area contributed by atoms with Crippen LogP contribution in [0.4, 0.5) is 15.8 Å². The zero-order valence-corrected chi connectivity index (χ0v) is 11.8. The Morgan fingerprint density at radius 3 is 2.63 bits per heavy atom. The zero-order valence-electron chi connectivity index (χ0n) is 10.2. The number of nitrogens with two attached hydrogens (primary N) is 1. The lowest BCUT2D eigenvalue weighted by Crippen LogP contribution is -2.14. The molecule has 0 saturated carbocycles. The van der Waals surface area contributed by atoms with Gasteiger partial charge >= 0.3 is 0 Å². The van der Waals surface area contributed by atoms with Crippen molar-refractivity contribution in [2.24, 2.45) is 0 Å². The molecule has 0 radical (unpaired) electrons. The first-order chi connectivity index (χ1) is 8.94. The number of para-hydroxylation sites is 1. The van der Waals surface area contributed by atoms with Crippen LogP contribution in [0.3, 0.4) is 0 Å². The molecule has 0 bridgehead atoms. The van der Waals surface area contributed by atoms with Gasteiger partial charge in [0.25, 0.3) is 10.0 Å². The summed E-state index contributed by atoms with van der Waals surface area (Å²) in [5.74, 6) is -0.698. The number of hydrogen-bond donors (Lipinski definition) is 2.